The molecule has 3 aromatic rings. The molecule has 5 nitrogen and oxygen atoms in total. The Labute approximate surface area is 215 Å². The number of benzodiazepines with no additional fused rings is 1. The van der Waals surface area contributed by atoms with Gasteiger partial charge in [0.1, 0.15) is 12.6 Å². The Bertz CT molecular complexity index is 1290. The summed E-state index contributed by atoms with van der Waals surface area (Å²) in [6.07, 6.45) is 0.746. The maximum atomic E-state index is 13.9. The Morgan fingerprint density at radius 3 is 2.46 bits per heavy atom. The van der Waals surface area contributed by atoms with Crippen molar-refractivity contribution in [2.24, 2.45) is 10.9 Å². The lowest BCUT2D eigenvalue weighted by atomic mass is 9.97. The van der Waals surface area contributed by atoms with Gasteiger partial charge in [0, 0.05) is 26.9 Å². The SMILES string of the molecule is CC[C@H](C)[C@@H]1N=C(c2ccccc2Cl)c2cc(Cl)ccc2N(CC(=O)Nc2ccc(C)cc2)C1=O. The highest BCUT2D eigenvalue weighted by Gasteiger charge is 2.36. The summed E-state index contributed by atoms with van der Waals surface area (Å²) >= 11 is 12.9. The van der Waals surface area contributed by atoms with E-state index in [0.29, 0.717) is 38.3 Å². The number of nitrogens with zero attached hydrogens (tertiary/aromatic N) is 2. The minimum atomic E-state index is -0.676. The van der Waals surface area contributed by atoms with E-state index in [1.807, 2.05) is 63.2 Å². The van der Waals surface area contributed by atoms with E-state index in [1.54, 1.807) is 24.3 Å². The molecule has 2 amide bonds. The Morgan fingerprint density at radius 1 is 1.06 bits per heavy atom. The average molecular weight is 508 g/mol. The molecule has 0 saturated carbocycles. The lowest BCUT2D eigenvalue weighted by Crippen LogP contribution is -2.44. The van der Waals surface area contributed by atoms with Gasteiger partial charge < -0.3 is 10.2 Å². The van der Waals surface area contributed by atoms with Crippen molar-refractivity contribution in [2.75, 3.05) is 16.8 Å². The van der Waals surface area contributed by atoms with E-state index in [1.165, 1.54) is 4.90 Å². The van der Waals surface area contributed by atoms with Crippen LogP contribution in [0.15, 0.2) is 71.7 Å². The number of nitrogens with one attached hydrogen (secondary N) is 1. The van der Waals surface area contributed by atoms with Crippen molar-refractivity contribution >= 4 is 52.1 Å². The van der Waals surface area contributed by atoms with Gasteiger partial charge in [-0.2, -0.15) is 0 Å². The minimum Gasteiger partial charge on any atom is -0.325 e. The second kappa shape index (κ2) is 10.6. The van der Waals surface area contributed by atoms with Gasteiger partial charge in [0.05, 0.1) is 11.4 Å². The fourth-order valence-electron chi connectivity index (χ4n) is 4.08. The van der Waals surface area contributed by atoms with Crippen LogP contribution < -0.4 is 10.2 Å². The van der Waals surface area contributed by atoms with Crippen LogP contribution in [0.5, 0.6) is 0 Å². The molecule has 3 aromatic carbocycles. The van der Waals surface area contributed by atoms with Crippen LogP contribution in [0.4, 0.5) is 11.4 Å². The first-order chi connectivity index (χ1) is 16.8. The normalized spacial score (nSPS) is 16.3. The summed E-state index contributed by atoms with van der Waals surface area (Å²) in [5.74, 6) is -0.580. The number of carbonyl (C=O) groups excluding carboxylic acids is 2. The second-order valence-electron chi connectivity index (χ2n) is 8.79. The van der Waals surface area contributed by atoms with Crippen molar-refractivity contribution < 1.29 is 9.59 Å². The number of aliphatic imine (C=N–C) groups is 1. The predicted molar refractivity (Wildman–Crippen MR) is 144 cm³/mol. The number of amides is 2. The van der Waals surface area contributed by atoms with Crippen molar-refractivity contribution in [3.05, 3.63) is 93.5 Å². The molecule has 0 saturated heterocycles. The molecule has 35 heavy (non-hydrogen) atoms. The van der Waals surface area contributed by atoms with Gasteiger partial charge in [-0.3, -0.25) is 14.6 Å². The molecule has 1 heterocycles. The monoisotopic (exact) mass is 507 g/mol. The summed E-state index contributed by atoms with van der Waals surface area (Å²) in [4.78, 5) is 33.4. The molecule has 0 radical (unpaired) electrons. The van der Waals surface area contributed by atoms with Crippen LogP contribution in [0.1, 0.15) is 37.0 Å². The van der Waals surface area contributed by atoms with Crippen LogP contribution in [0, 0.1) is 12.8 Å². The highest BCUT2D eigenvalue weighted by Crippen LogP contribution is 2.34. The molecule has 1 aliphatic rings. The van der Waals surface area contributed by atoms with Crippen molar-refractivity contribution in [3.63, 3.8) is 0 Å². The average Bonchev–Trinajstić information content (AvgIpc) is 2.95. The first kappa shape index (κ1) is 25.0. The fourth-order valence-corrected chi connectivity index (χ4v) is 4.48. The minimum absolute atomic E-state index is 0.0487. The zero-order valence-corrected chi connectivity index (χ0v) is 21.4. The molecule has 0 aliphatic carbocycles. The van der Waals surface area contributed by atoms with E-state index < -0.39 is 6.04 Å². The van der Waals surface area contributed by atoms with Crippen molar-refractivity contribution in [1.82, 2.24) is 0 Å². The van der Waals surface area contributed by atoms with Gasteiger partial charge in [0.15, 0.2) is 0 Å². The molecular formula is C28H27Cl2N3O2. The molecule has 0 unspecified atom stereocenters. The van der Waals surface area contributed by atoms with E-state index in [2.05, 4.69) is 5.32 Å². The highest BCUT2D eigenvalue weighted by atomic mass is 35.5. The van der Waals surface area contributed by atoms with Crippen LogP contribution in [0.25, 0.3) is 0 Å². The third-order valence-electron chi connectivity index (χ3n) is 6.24. The number of rotatable bonds is 6. The molecular weight excluding hydrogens is 481 g/mol. The molecule has 1 aliphatic heterocycles. The van der Waals surface area contributed by atoms with Crippen LogP contribution in [-0.4, -0.2) is 30.1 Å². The van der Waals surface area contributed by atoms with E-state index in [4.69, 9.17) is 28.2 Å². The van der Waals surface area contributed by atoms with Crippen LogP contribution >= 0.6 is 23.2 Å². The third-order valence-corrected chi connectivity index (χ3v) is 6.81. The molecule has 7 heteroatoms. The first-order valence-electron chi connectivity index (χ1n) is 11.6. The maximum Gasteiger partial charge on any atom is 0.252 e. The molecule has 180 valence electrons. The van der Waals surface area contributed by atoms with E-state index in [0.717, 1.165) is 12.0 Å². The van der Waals surface area contributed by atoms with Crippen LogP contribution in [-0.2, 0) is 9.59 Å². The number of hydrogen-bond acceptors (Lipinski definition) is 3. The van der Waals surface area contributed by atoms with Gasteiger partial charge in [-0.05, 0) is 49.2 Å². The summed E-state index contributed by atoms with van der Waals surface area (Å²) < 4.78 is 0. The first-order valence-corrected chi connectivity index (χ1v) is 12.3. The topological polar surface area (TPSA) is 61.8 Å². The van der Waals surface area contributed by atoms with E-state index in [9.17, 15) is 9.59 Å². The molecule has 2 atom stereocenters. The standard InChI is InChI=1S/C28H27Cl2N3O2/c1-4-18(3)26-28(35)33(16-25(34)31-20-12-9-17(2)10-13-20)24-14-11-19(29)15-22(24)27(32-26)21-7-5-6-8-23(21)30/h5-15,18,26H,4,16H2,1-3H3,(H,31,34)/t18-,26-/m0/s1. The van der Waals surface area contributed by atoms with E-state index in [-0.39, 0.29) is 24.3 Å². The number of halogens is 2. The van der Waals surface area contributed by atoms with Gasteiger partial charge in [0.25, 0.3) is 5.91 Å². The Kier molecular flexibility index (Phi) is 7.58. The van der Waals surface area contributed by atoms with Gasteiger partial charge in [-0.15, -0.1) is 0 Å². The number of carbonyl (C=O) groups is 2. The summed E-state index contributed by atoms with van der Waals surface area (Å²) in [5.41, 5.74) is 4.30. The molecule has 0 aromatic heterocycles. The molecule has 0 fully saturated rings. The van der Waals surface area contributed by atoms with Crippen LogP contribution in [0.3, 0.4) is 0 Å². The lowest BCUT2D eigenvalue weighted by molar-refractivity contribution is -0.123. The third kappa shape index (κ3) is 5.42. The fraction of sp³-hybridized carbons (Fsp3) is 0.250. The van der Waals surface area contributed by atoms with Gasteiger partial charge in [-0.25, -0.2) is 0 Å². The maximum absolute atomic E-state index is 13.9. The lowest BCUT2D eigenvalue weighted by Gasteiger charge is -2.26. The molecule has 0 bridgehead atoms. The predicted octanol–water partition coefficient (Wildman–Crippen LogP) is 6.54. The number of anilines is 2. The summed E-state index contributed by atoms with van der Waals surface area (Å²) in [7, 11) is 0. The van der Waals surface area contributed by atoms with Gasteiger partial charge in [-0.1, -0.05) is 79.4 Å². The Morgan fingerprint density at radius 2 is 1.77 bits per heavy atom. The second-order valence-corrected chi connectivity index (χ2v) is 9.63. The van der Waals surface area contributed by atoms with Crippen LogP contribution in [0.2, 0.25) is 10.0 Å². The van der Waals surface area contributed by atoms with Gasteiger partial charge >= 0.3 is 0 Å². The molecule has 4 rings (SSSR count). The Hall–Kier alpha value is -3.15. The smallest absolute Gasteiger partial charge is 0.252 e. The molecule has 1 N–H and O–H groups in total. The summed E-state index contributed by atoms with van der Waals surface area (Å²) in [6, 6.07) is 19.5. The number of fused-ring (bicyclic) bond motifs is 1. The summed E-state index contributed by atoms with van der Waals surface area (Å²) in [6.45, 7) is 5.84. The zero-order chi connectivity index (χ0) is 25.1. The highest BCUT2D eigenvalue weighted by molar-refractivity contribution is 6.37. The summed E-state index contributed by atoms with van der Waals surface area (Å²) in [5, 5.41) is 3.92. The number of aryl methyl sites for hydroxylation is 1. The van der Waals surface area contributed by atoms with Gasteiger partial charge in [0.2, 0.25) is 5.91 Å². The van der Waals surface area contributed by atoms with Crippen molar-refractivity contribution in [2.45, 2.75) is 33.2 Å². The van der Waals surface area contributed by atoms with Crippen molar-refractivity contribution in [1.29, 1.82) is 0 Å². The quantitative estimate of drug-likeness (QED) is 0.411. The largest absolute Gasteiger partial charge is 0.325 e. The molecule has 0 spiro atoms. The zero-order valence-electron chi connectivity index (χ0n) is 19.9. The Balaban J connectivity index is 1.80. The number of benzene rings is 3. The van der Waals surface area contributed by atoms with Crippen molar-refractivity contribution in [3.8, 4) is 0 Å². The number of hydrogen-bond donors (Lipinski definition) is 1. The van der Waals surface area contributed by atoms with E-state index >= 15 is 0 Å².